The standard InChI is InChI=1S/C20H24Cl2N2O3S/c1-5-19(20(25)23-14(3)15-8-6-13(2)7-9-15)24(28(4,26)27)16-10-11-17(21)18(22)12-16/h6-12,14,19H,5H2,1-4H3,(H,23,25)/t14-,19-/m0/s1. The van der Waals surface area contributed by atoms with Gasteiger partial charge in [-0.05, 0) is 44.0 Å². The average molecular weight is 443 g/mol. The molecule has 0 aliphatic rings. The molecular weight excluding hydrogens is 419 g/mol. The summed E-state index contributed by atoms with van der Waals surface area (Å²) >= 11 is 12.0. The molecule has 2 atom stereocenters. The fourth-order valence-corrected chi connectivity index (χ4v) is 4.43. The Kier molecular flexibility index (Phi) is 7.37. The van der Waals surface area contributed by atoms with E-state index < -0.39 is 16.1 Å². The molecule has 1 amide bonds. The molecule has 1 N–H and O–H groups in total. The zero-order chi connectivity index (χ0) is 21.1. The van der Waals surface area contributed by atoms with Crippen LogP contribution in [-0.2, 0) is 14.8 Å². The van der Waals surface area contributed by atoms with Crippen LogP contribution in [0.1, 0.15) is 37.4 Å². The van der Waals surface area contributed by atoms with Crippen molar-refractivity contribution in [2.45, 2.75) is 39.3 Å². The van der Waals surface area contributed by atoms with Gasteiger partial charge in [0.05, 0.1) is 28.0 Å². The van der Waals surface area contributed by atoms with E-state index in [2.05, 4.69) is 5.32 Å². The van der Waals surface area contributed by atoms with Gasteiger partial charge in [0.25, 0.3) is 0 Å². The highest BCUT2D eigenvalue weighted by Crippen LogP contribution is 2.30. The van der Waals surface area contributed by atoms with Crippen LogP contribution in [0.2, 0.25) is 10.0 Å². The molecule has 5 nitrogen and oxygen atoms in total. The molecule has 2 rings (SSSR count). The minimum absolute atomic E-state index is 0.219. The lowest BCUT2D eigenvalue weighted by molar-refractivity contribution is -0.122. The van der Waals surface area contributed by atoms with Gasteiger partial charge in [-0.2, -0.15) is 0 Å². The maximum absolute atomic E-state index is 13.0. The minimum Gasteiger partial charge on any atom is -0.348 e. The number of amides is 1. The zero-order valence-electron chi connectivity index (χ0n) is 16.2. The van der Waals surface area contributed by atoms with Crippen molar-refractivity contribution in [2.75, 3.05) is 10.6 Å². The van der Waals surface area contributed by atoms with E-state index in [4.69, 9.17) is 23.2 Å². The molecule has 0 aromatic heterocycles. The van der Waals surface area contributed by atoms with Crippen molar-refractivity contribution < 1.29 is 13.2 Å². The van der Waals surface area contributed by atoms with E-state index in [1.807, 2.05) is 38.1 Å². The highest BCUT2D eigenvalue weighted by molar-refractivity contribution is 7.92. The van der Waals surface area contributed by atoms with Crippen molar-refractivity contribution in [3.05, 3.63) is 63.6 Å². The van der Waals surface area contributed by atoms with E-state index in [0.29, 0.717) is 17.1 Å². The summed E-state index contributed by atoms with van der Waals surface area (Å²) < 4.78 is 26.1. The molecule has 0 unspecified atom stereocenters. The Balaban J connectivity index is 2.33. The van der Waals surface area contributed by atoms with Crippen LogP contribution in [-0.4, -0.2) is 26.6 Å². The molecule has 0 saturated carbocycles. The first-order valence-electron chi connectivity index (χ1n) is 8.86. The summed E-state index contributed by atoms with van der Waals surface area (Å²) in [5.74, 6) is -0.382. The number of nitrogens with zero attached hydrogens (tertiary/aromatic N) is 1. The second kappa shape index (κ2) is 9.16. The van der Waals surface area contributed by atoms with Gasteiger partial charge in [0.15, 0.2) is 0 Å². The van der Waals surface area contributed by atoms with Gasteiger partial charge in [0, 0.05) is 0 Å². The van der Waals surface area contributed by atoms with Crippen LogP contribution in [0.25, 0.3) is 0 Å². The number of anilines is 1. The number of carbonyl (C=O) groups excluding carboxylic acids is 1. The van der Waals surface area contributed by atoms with Gasteiger partial charge in [0.1, 0.15) is 6.04 Å². The number of sulfonamides is 1. The topological polar surface area (TPSA) is 66.5 Å². The fraction of sp³-hybridized carbons (Fsp3) is 0.350. The predicted octanol–water partition coefficient (Wildman–Crippen LogP) is 4.72. The Morgan fingerprint density at radius 1 is 1.11 bits per heavy atom. The molecular formula is C20H24Cl2N2O3S. The Bertz CT molecular complexity index is 946. The van der Waals surface area contributed by atoms with Gasteiger partial charge in [-0.3, -0.25) is 9.10 Å². The molecule has 152 valence electrons. The quantitative estimate of drug-likeness (QED) is 0.673. The number of rotatable bonds is 7. The first-order valence-corrected chi connectivity index (χ1v) is 11.5. The number of carbonyl (C=O) groups is 1. The molecule has 0 fully saturated rings. The molecule has 8 heteroatoms. The van der Waals surface area contributed by atoms with Gasteiger partial charge in [-0.25, -0.2) is 8.42 Å². The summed E-state index contributed by atoms with van der Waals surface area (Å²) in [6.45, 7) is 5.61. The SMILES string of the molecule is CC[C@@H](C(=O)N[C@@H](C)c1ccc(C)cc1)N(c1ccc(Cl)c(Cl)c1)S(C)(=O)=O. The smallest absolute Gasteiger partial charge is 0.244 e. The lowest BCUT2D eigenvalue weighted by Gasteiger charge is -2.31. The molecule has 2 aromatic carbocycles. The number of hydrogen-bond donors (Lipinski definition) is 1. The summed E-state index contributed by atoms with van der Waals surface area (Å²) in [5, 5.41) is 3.44. The summed E-state index contributed by atoms with van der Waals surface area (Å²) in [5.41, 5.74) is 2.35. The van der Waals surface area contributed by atoms with Gasteiger partial charge < -0.3 is 5.32 Å². The van der Waals surface area contributed by atoms with E-state index in [0.717, 1.165) is 21.7 Å². The number of nitrogens with one attached hydrogen (secondary N) is 1. The Labute approximate surface area is 176 Å². The van der Waals surface area contributed by atoms with Crippen LogP contribution >= 0.6 is 23.2 Å². The largest absolute Gasteiger partial charge is 0.348 e. The Morgan fingerprint density at radius 3 is 2.21 bits per heavy atom. The molecule has 0 spiro atoms. The third kappa shape index (κ3) is 5.40. The monoisotopic (exact) mass is 442 g/mol. The molecule has 0 aliphatic heterocycles. The van der Waals surface area contributed by atoms with Gasteiger partial charge in [-0.15, -0.1) is 0 Å². The predicted molar refractivity (Wildman–Crippen MR) is 116 cm³/mol. The summed E-state index contributed by atoms with van der Waals surface area (Å²) in [6.07, 6.45) is 1.36. The maximum Gasteiger partial charge on any atom is 0.244 e. The van der Waals surface area contributed by atoms with Gasteiger partial charge >= 0.3 is 0 Å². The highest BCUT2D eigenvalue weighted by Gasteiger charge is 2.32. The third-order valence-electron chi connectivity index (χ3n) is 4.42. The third-order valence-corrected chi connectivity index (χ3v) is 6.34. The molecule has 0 radical (unpaired) electrons. The van der Waals surface area contributed by atoms with Crippen molar-refractivity contribution in [1.82, 2.24) is 5.32 Å². The van der Waals surface area contributed by atoms with Crippen LogP contribution in [0, 0.1) is 6.92 Å². The van der Waals surface area contributed by atoms with Crippen LogP contribution in [0.5, 0.6) is 0 Å². The van der Waals surface area contributed by atoms with Crippen molar-refractivity contribution in [3.8, 4) is 0 Å². The summed E-state index contributed by atoms with van der Waals surface area (Å²) in [4.78, 5) is 13.0. The molecule has 0 heterocycles. The minimum atomic E-state index is -3.74. The molecule has 2 aromatic rings. The fourth-order valence-electron chi connectivity index (χ4n) is 2.93. The average Bonchev–Trinajstić information content (AvgIpc) is 2.61. The van der Waals surface area contributed by atoms with Gasteiger partial charge in [0.2, 0.25) is 15.9 Å². The summed E-state index contributed by atoms with van der Waals surface area (Å²) in [7, 11) is -3.74. The van der Waals surface area contributed by atoms with E-state index in [9.17, 15) is 13.2 Å². The lowest BCUT2D eigenvalue weighted by atomic mass is 10.1. The molecule has 0 bridgehead atoms. The maximum atomic E-state index is 13.0. The van der Waals surface area contributed by atoms with E-state index in [-0.39, 0.29) is 17.0 Å². The van der Waals surface area contributed by atoms with Crippen LogP contribution in [0.4, 0.5) is 5.69 Å². The number of hydrogen-bond acceptors (Lipinski definition) is 3. The van der Waals surface area contributed by atoms with E-state index in [1.54, 1.807) is 6.92 Å². The highest BCUT2D eigenvalue weighted by atomic mass is 35.5. The van der Waals surface area contributed by atoms with Crippen molar-refractivity contribution in [2.24, 2.45) is 0 Å². The first kappa shape index (κ1) is 22.5. The van der Waals surface area contributed by atoms with Crippen molar-refractivity contribution in [3.63, 3.8) is 0 Å². The van der Waals surface area contributed by atoms with Crippen LogP contribution in [0.15, 0.2) is 42.5 Å². The second-order valence-electron chi connectivity index (χ2n) is 6.72. The Morgan fingerprint density at radius 2 is 1.71 bits per heavy atom. The molecule has 0 saturated heterocycles. The molecule has 0 aliphatic carbocycles. The van der Waals surface area contributed by atoms with Crippen LogP contribution in [0.3, 0.4) is 0 Å². The number of halogens is 2. The summed E-state index contributed by atoms with van der Waals surface area (Å²) in [6, 6.07) is 11.1. The van der Waals surface area contributed by atoms with Crippen molar-refractivity contribution >= 4 is 44.8 Å². The lowest BCUT2D eigenvalue weighted by Crippen LogP contribution is -2.49. The van der Waals surface area contributed by atoms with Crippen LogP contribution < -0.4 is 9.62 Å². The van der Waals surface area contributed by atoms with Crippen molar-refractivity contribution in [1.29, 1.82) is 0 Å². The second-order valence-corrected chi connectivity index (χ2v) is 9.40. The first-order chi connectivity index (χ1) is 13.0. The normalized spacial score (nSPS) is 13.6. The van der Waals surface area contributed by atoms with E-state index in [1.165, 1.54) is 18.2 Å². The Hall–Kier alpha value is -1.76. The zero-order valence-corrected chi connectivity index (χ0v) is 18.6. The van der Waals surface area contributed by atoms with E-state index >= 15 is 0 Å². The number of aryl methyl sites for hydroxylation is 1. The molecule has 28 heavy (non-hydrogen) atoms. The number of benzene rings is 2. The van der Waals surface area contributed by atoms with Gasteiger partial charge in [-0.1, -0.05) is 60.0 Å².